The van der Waals surface area contributed by atoms with Crippen LogP contribution in [0.1, 0.15) is 70.8 Å². The molecule has 7 heteroatoms. The average molecular weight is 565 g/mol. The van der Waals surface area contributed by atoms with Gasteiger partial charge in [-0.3, -0.25) is 9.59 Å². The summed E-state index contributed by atoms with van der Waals surface area (Å²) in [5.41, 5.74) is 3.64. The van der Waals surface area contributed by atoms with Gasteiger partial charge in [0, 0.05) is 17.3 Å². The molecule has 42 heavy (non-hydrogen) atoms. The van der Waals surface area contributed by atoms with Gasteiger partial charge in [-0.05, 0) is 62.2 Å². The van der Waals surface area contributed by atoms with Gasteiger partial charge in [0.2, 0.25) is 0 Å². The van der Waals surface area contributed by atoms with E-state index in [0.717, 1.165) is 17.7 Å². The van der Waals surface area contributed by atoms with Gasteiger partial charge >= 0.3 is 0 Å². The highest BCUT2D eigenvalue weighted by atomic mass is 16.5. The molecule has 2 amide bonds. The molecule has 2 heterocycles. The summed E-state index contributed by atoms with van der Waals surface area (Å²) >= 11 is 0. The van der Waals surface area contributed by atoms with Gasteiger partial charge in [-0.25, -0.2) is 10.0 Å². The lowest BCUT2D eigenvalue weighted by Crippen LogP contribution is -2.40. The molecular weight excluding hydrogens is 524 g/mol. The average Bonchev–Trinajstić information content (AvgIpc) is 3.48. The lowest BCUT2D eigenvalue weighted by Gasteiger charge is -2.28. The Balaban J connectivity index is 1.40. The third kappa shape index (κ3) is 6.30. The Morgan fingerprint density at radius 1 is 0.667 bits per heavy atom. The van der Waals surface area contributed by atoms with Crippen molar-refractivity contribution in [1.82, 2.24) is 0 Å². The maximum absolute atomic E-state index is 14.0. The van der Waals surface area contributed by atoms with Gasteiger partial charge in [0.15, 0.2) is 0 Å². The molecule has 0 aromatic heterocycles. The van der Waals surface area contributed by atoms with Crippen LogP contribution in [0.2, 0.25) is 0 Å². The van der Waals surface area contributed by atoms with E-state index >= 15 is 0 Å². The third-order valence-electron chi connectivity index (χ3n) is 8.12. The van der Waals surface area contributed by atoms with Crippen LogP contribution in [0.3, 0.4) is 0 Å². The molecule has 0 bridgehead atoms. The molecule has 0 aliphatic carbocycles. The maximum Gasteiger partial charge on any atom is 0.256 e. The normalized spacial score (nSPS) is 19.2. The SMILES string of the molecule is CCCCCCCCOc1ccc(C(C2C(=O)N(c3ccccc3)N=C2C)C2C(=O)N(c3ccccc3)N=C2C)cc1. The van der Waals surface area contributed by atoms with Crippen LogP contribution in [0.25, 0.3) is 0 Å². The Hall–Kier alpha value is -4.26. The molecule has 2 aliphatic heterocycles. The summed E-state index contributed by atoms with van der Waals surface area (Å²) in [7, 11) is 0. The number of para-hydroxylation sites is 2. The minimum atomic E-state index is -0.616. The fraction of sp³-hybridized carbons (Fsp3) is 0.371. The number of carbonyl (C=O) groups is 2. The van der Waals surface area contributed by atoms with Crippen molar-refractivity contribution in [3.05, 3.63) is 90.5 Å². The van der Waals surface area contributed by atoms with E-state index in [1.807, 2.05) is 98.8 Å². The van der Waals surface area contributed by atoms with Gasteiger partial charge in [-0.2, -0.15) is 10.2 Å². The van der Waals surface area contributed by atoms with Crippen LogP contribution in [0, 0.1) is 11.8 Å². The van der Waals surface area contributed by atoms with Gasteiger partial charge in [0.1, 0.15) is 5.75 Å². The summed E-state index contributed by atoms with van der Waals surface area (Å²) in [5.74, 6) is -1.22. The number of amides is 2. The maximum atomic E-state index is 14.0. The molecule has 2 atom stereocenters. The number of nitrogens with zero attached hydrogens (tertiary/aromatic N) is 4. The molecule has 0 saturated heterocycles. The van der Waals surface area contributed by atoms with Gasteiger partial charge in [0.05, 0.1) is 29.8 Å². The van der Waals surface area contributed by atoms with E-state index in [2.05, 4.69) is 17.1 Å². The Morgan fingerprint density at radius 3 is 1.64 bits per heavy atom. The lowest BCUT2D eigenvalue weighted by atomic mass is 9.73. The quantitative estimate of drug-likeness (QED) is 0.201. The van der Waals surface area contributed by atoms with Gasteiger partial charge < -0.3 is 4.74 Å². The van der Waals surface area contributed by atoms with Crippen LogP contribution < -0.4 is 14.8 Å². The number of unbranched alkanes of at least 4 members (excludes halogenated alkanes) is 5. The summed E-state index contributed by atoms with van der Waals surface area (Å²) in [5, 5.41) is 12.3. The minimum absolute atomic E-state index is 0.147. The van der Waals surface area contributed by atoms with Gasteiger partial charge in [0.25, 0.3) is 11.8 Å². The fourth-order valence-corrected chi connectivity index (χ4v) is 5.93. The predicted molar refractivity (Wildman–Crippen MR) is 169 cm³/mol. The number of hydrogen-bond donors (Lipinski definition) is 0. The predicted octanol–water partition coefficient (Wildman–Crippen LogP) is 7.59. The van der Waals surface area contributed by atoms with E-state index < -0.39 is 17.8 Å². The van der Waals surface area contributed by atoms with Crippen LogP contribution in [-0.4, -0.2) is 29.8 Å². The van der Waals surface area contributed by atoms with Crippen LogP contribution in [0.4, 0.5) is 11.4 Å². The number of rotatable bonds is 13. The third-order valence-corrected chi connectivity index (χ3v) is 8.12. The van der Waals surface area contributed by atoms with Crippen molar-refractivity contribution >= 4 is 34.6 Å². The molecular formula is C35H40N4O3. The summed E-state index contributed by atoms with van der Waals surface area (Å²) in [6.07, 6.45) is 7.24. The largest absolute Gasteiger partial charge is 0.494 e. The molecule has 0 saturated carbocycles. The number of anilines is 2. The molecule has 0 N–H and O–H groups in total. The number of hydrogen-bond acceptors (Lipinski definition) is 5. The van der Waals surface area contributed by atoms with Crippen molar-refractivity contribution in [3.8, 4) is 5.75 Å². The molecule has 2 unspecified atom stereocenters. The zero-order valence-electron chi connectivity index (χ0n) is 24.8. The zero-order chi connectivity index (χ0) is 29.5. The number of carbonyl (C=O) groups excluding carboxylic acids is 2. The number of hydrazone groups is 2. The molecule has 0 spiro atoms. The highest BCUT2D eigenvalue weighted by molar-refractivity contribution is 6.19. The van der Waals surface area contributed by atoms with E-state index in [4.69, 9.17) is 4.74 Å². The highest BCUT2D eigenvalue weighted by Crippen LogP contribution is 2.43. The minimum Gasteiger partial charge on any atom is -0.494 e. The first kappa shape index (κ1) is 29.2. The number of ether oxygens (including phenoxy) is 1. The first-order valence-electron chi connectivity index (χ1n) is 15.1. The summed E-state index contributed by atoms with van der Waals surface area (Å²) in [4.78, 5) is 28.0. The first-order valence-corrected chi connectivity index (χ1v) is 15.1. The van der Waals surface area contributed by atoms with Crippen molar-refractivity contribution in [2.24, 2.45) is 22.0 Å². The number of benzene rings is 3. The summed E-state index contributed by atoms with van der Waals surface area (Å²) in [6, 6.07) is 26.7. The van der Waals surface area contributed by atoms with E-state index in [-0.39, 0.29) is 11.8 Å². The van der Waals surface area contributed by atoms with Crippen molar-refractivity contribution in [3.63, 3.8) is 0 Å². The molecule has 0 radical (unpaired) electrons. The Morgan fingerprint density at radius 2 is 1.14 bits per heavy atom. The lowest BCUT2D eigenvalue weighted by molar-refractivity contribution is -0.122. The second kappa shape index (κ2) is 13.6. The standard InChI is InChI=1S/C35H40N4O3/c1-4-5-6-7-8-15-24-42-30-22-20-27(21-23-30)33(31-25(2)36-38(34(31)40)28-16-11-9-12-17-28)32-26(3)37-39(35(32)41)29-18-13-10-14-19-29/h9-14,16-23,31-33H,4-8,15,24H2,1-3H3. The summed E-state index contributed by atoms with van der Waals surface area (Å²) in [6.45, 7) is 6.64. The molecule has 5 rings (SSSR count). The Kier molecular flexibility index (Phi) is 9.47. The molecule has 0 fully saturated rings. The Labute approximate surface area is 248 Å². The van der Waals surface area contributed by atoms with E-state index in [1.165, 1.54) is 42.1 Å². The first-order chi connectivity index (χ1) is 20.5. The second-order valence-electron chi connectivity index (χ2n) is 11.1. The van der Waals surface area contributed by atoms with Gasteiger partial charge in [-0.15, -0.1) is 0 Å². The topological polar surface area (TPSA) is 74.6 Å². The highest BCUT2D eigenvalue weighted by Gasteiger charge is 2.50. The van der Waals surface area contributed by atoms with Crippen molar-refractivity contribution in [2.75, 3.05) is 16.6 Å². The van der Waals surface area contributed by atoms with Crippen molar-refractivity contribution < 1.29 is 14.3 Å². The fourth-order valence-electron chi connectivity index (χ4n) is 5.93. The molecule has 3 aromatic rings. The van der Waals surface area contributed by atoms with E-state index in [1.54, 1.807) is 0 Å². The van der Waals surface area contributed by atoms with E-state index in [0.29, 0.717) is 29.4 Å². The van der Waals surface area contributed by atoms with Crippen LogP contribution in [-0.2, 0) is 9.59 Å². The molecule has 2 aliphatic rings. The smallest absolute Gasteiger partial charge is 0.256 e. The second-order valence-corrected chi connectivity index (χ2v) is 11.1. The van der Waals surface area contributed by atoms with Crippen LogP contribution in [0.5, 0.6) is 5.75 Å². The molecule has 7 nitrogen and oxygen atoms in total. The zero-order valence-corrected chi connectivity index (χ0v) is 24.8. The monoisotopic (exact) mass is 564 g/mol. The van der Waals surface area contributed by atoms with Gasteiger partial charge in [-0.1, -0.05) is 87.6 Å². The Bertz CT molecular complexity index is 1340. The van der Waals surface area contributed by atoms with Crippen LogP contribution >= 0.6 is 0 Å². The molecule has 218 valence electrons. The van der Waals surface area contributed by atoms with Crippen molar-refractivity contribution in [2.45, 2.75) is 65.2 Å². The van der Waals surface area contributed by atoms with Crippen molar-refractivity contribution in [1.29, 1.82) is 0 Å². The van der Waals surface area contributed by atoms with E-state index in [9.17, 15) is 9.59 Å². The van der Waals surface area contributed by atoms with Crippen LogP contribution in [0.15, 0.2) is 95.1 Å². The summed E-state index contributed by atoms with van der Waals surface area (Å²) < 4.78 is 6.03. The molecule has 3 aromatic carbocycles.